The van der Waals surface area contributed by atoms with Crippen LogP contribution in [0.15, 0.2) is 42.5 Å². The van der Waals surface area contributed by atoms with Gasteiger partial charge in [-0.25, -0.2) is 0 Å². The predicted molar refractivity (Wildman–Crippen MR) is 103 cm³/mol. The van der Waals surface area contributed by atoms with E-state index in [2.05, 4.69) is 16.0 Å². The summed E-state index contributed by atoms with van der Waals surface area (Å²) >= 11 is 0. The molecule has 2 fully saturated rings. The van der Waals surface area contributed by atoms with Crippen LogP contribution >= 0.6 is 0 Å². The number of nitrogens with one attached hydrogen (secondary N) is 3. The molecule has 2 aromatic carbocycles. The van der Waals surface area contributed by atoms with Crippen LogP contribution in [-0.4, -0.2) is 23.8 Å². The Labute approximate surface area is 162 Å². The van der Waals surface area contributed by atoms with Gasteiger partial charge in [-0.05, 0) is 31.4 Å². The Morgan fingerprint density at radius 3 is 2.46 bits per heavy atom. The predicted octanol–water partition coefficient (Wildman–Crippen LogP) is 1.55. The Kier molecular flexibility index (Phi) is 3.52. The van der Waals surface area contributed by atoms with Crippen molar-refractivity contribution in [2.75, 3.05) is 5.32 Å². The molecular formula is C22H21N3O3. The van der Waals surface area contributed by atoms with E-state index in [1.807, 2.05) is 56.3 Å². The highest BCUT2D eigenvalue weighted by atomic mass is 16.2. The first kappa shape index (κ1) is 17.1. The number of carbonyl (C=O) groups excluding carboxylic acids is 3. The quantitative estimate of drug-likeness (QED) is 0.695. The summed E-state index contributed by atoms with van der Waals surface area (Å²) in [5.41, 5.74) is 3.32. The maximum atomic E-state index is 13.2. The van der Waals surface area contributed by atoms with Crippen molar-refractivity contribution in [3.05, 3.63) is 64.7 Å². The van der Waals surface area contributed by atoms with Gasteiger partial charge >= 0.3 is 0 Å². The van der Waals surface area contributed by atoms with Crippen LogP contribution in [0, 0.1) is 25.7 Å². The number of amides is 3. The lowest BCUT2D eigenvalue weighted by Crippen LogP contribution is -2.53. The van der Waals surface area contributed by atoms with Gasteiger partial charge in [-0.2, -0.15) is 0 Å². The number of anilines is 1. The molecule has 3 heterocycles. The van der Waals surface area contributed by atoms with Crippen LogP contribution in [0.25, 0.3) is 0 Å². The van der Waals surface area contributed by atoms with Crippen molar-refractivity contribution in [3.63, 3.8) is 0 Å². The van der Waals surface area contributed by atoms with E-state index < -0.39 is 17.4 Å². The van der Waals surface area contributed by atoms with Crippen LogP contribution in [0.1, 0.15) is 22.3 Å². The van der Waals surface area contributed by atoms with E-state index in [-0.39, 0.29) is 23.8 Å². The van der Waals surface area contributed by atoms with E-state index in [1.165, 1.54) is 0 Å². The highest BCUT2D eigenvalue weighted by molar-refractivity contribution is 6.15. The zero-order valence-electron chi connectivity index (χ0n) is 15.7. The third-order valence-corrected chi connectivity index (χ3v) is 6.30. The molecule has 2 aromatic rings. The second-order valence-corrected chi connectivity index (χ2v) is 8.06. The summed E-state index contributed by atoms with van der Waals surface area (Å²) in [5, 5.41) is 8.88. The fraction of sp³-hybridized carbons (Fsp3) is 0.318. The van der Waals surface area contributed by atoms with Crippen LogP contribution in [0.5, 0.6) is 0 Å². The van der Waals surface area contributed by atoms with Gasteiger partial charge in [-0.1, -0.05) is 48.0 Å². The largest absolute Gasteiger partial charge is 0.324 e. The molecule has 2 saturated heterocycles. The molecule has 28 heavy (non-hydrogen) atoms. The normalized spacial score (nSPS) is 30.4. The van der Waals surface area contributed by atoms with E-state index in [1.54, 1.807) is 0 Å². The topological polar surface area (TPSA) is 87.3 Å². The summed E-state index contributed by atoms with van der Waals surface area (Å²) in [7, 11) is 0. The molecule has 142 valence electrons. The molecule has 5 rings (SSSR count). The van der Waals surface area contributed by atoms with Gasteiger partial charge in [0.15, 0.2) is 0 Å². The van der Waals surface area contributed by atoms with Gasteiger partial charge in [0.1, 0.15) is 5.54 Å². The average molecular weight is 375 g/mol. The van der Waals surface area contributed by atoms with Crippen molar-refractivity contribution in [2.45, 2.75) is 31.8 Å². The Morgan fingerprint density at radius 1 is 0.964 bits per heavy atom. The van der Waals surface area contributed by atoms with Gasteiger partial charge in [0.05, 0.1) is 11.8 Å². The SMILES string of the molecule is Cc1cc(C)c2c(c1)[C@]1(N[C@H](Cc3ccccc3)[C@H]3C(=O)NC(=O)[C@H]31)C(=O)N2. The third-order valence-electron chi connectivity index (χ3n) is 6.30. The number of hydrogen-bond acceptors (Lipinski definition) is 4. The van der Waals surface area contributed by atoms with Gasteiger partial charge in [0.2, 0.25) is 17.7 Å². The average Bonchev–Trinajstić information content (AvgIpc) is 3.24. The number of carbonyl (C=O) groups is 3. The van der Waals surface area contributed by atoms with Crippen LogP contribution in [0.2, 0.25) is 0 Å². The molecule has 0 radical (unpaired) electrons. The molecule has 4 atom stereocenters. The molecule has 0 bridgehead atoms. The van der Waals surface area contributed by atoms with Crippen molar-refractivity contribution >= 4 is 23.4 Å². The lowest BCUT2D eigenvalue weighted by molar-refractivity contribution is -0.132. The smallest absolute Gasteiger partial charge is 0.250 e. The molecule has 6 heteroatoms. The first-order valence-corrected chi connectivity index (χ1v) is 9.51. The number of fused-ring (bicyclic) bond motifs is 4. The fourth-order valence-corrected chi connectivity index (χ4v) is 5.23. The minimum absolute atomic E-state index is 0.258. The Balaban J connectivity index is 1.66. The number of rotatable bonds is 2. The molecule has 0 unspecified atom stereocenters. The number of benzene rings is 2. The summed E-state index contributed by atoms with van der Waals surface area (Å²) in [6.45, 7) is 3.91. The van der Waals surface area contributed by atoms with E-state index in [9.17, 15) is 14.4 Å². The van der Waals surface area contributed by atoms with Gasteiger partial charge in [0.25, 0.3) is 0 Å². The Hall–Kier alpha value is -2.99. The summed E-state index contributed by atoms with van der Waals surface area (Å²) in [6, 6.07) is 13.5. The van der Waals surface area contributed by atoms with Gasteiger partial charge < -0.3 is 5.32 Å². The van der Waals surface area contributed by atoms with E-state index in [0.29, 0.717) is 6.42 Å². The van der Waals surface area contributed by atoms with Crippen LogP contribution in [0.3, 0.4) is 0 Å². The molecule has 6 nitrogen and oxygen atoms in total. The van der Waals surface area contributed by atoms with Crippen molar-refractivity contribution in [2.24, 2.45) is 11.8 Å². The Bertz CT molecular complexity index is 1030. The lowest BCUT2D eigenvalue weighted by Gasteiger charge is -2.28. The minimum atomic E-state index is -1.22. The maximum Gasteiger partial charge on any atom is 0.250 e. The molecular weight excluding hydrogens is 354 g/mol. The molecule has 3 N–H and O–H groups in total. The first-order chi connectivity index (χ1) is 13.4. The molecule has 0 saturated carbocycles. The van der Waals surface area contributed by atoms with E-state index in [0.717, 1.165) is 27.9 Å². The molecule has 1 spiro atoms. The zero-order valence-corrected chi connectivity index (χ0v) is 15.7. The standard InChI is InChI=1S/C22H21N3O3/c1-11-8-12(2)18-14(9-11)22(21(28)23-18)17-16(19(26)24-20(17)27)15(25-22)10-13-6-4-3-5-7-13/h3-9,15-17,25H,10H2,1-2H3,(H,23,28)(H,24,26,27)/t15-,16-,17+,22-/m1/s1. The van der Waals surface area contributed by atoms with Crippen molar-refractivity contribution in [1.29, 1.82) is 0 Å². The van der Waals surface area contributed by atoms with E-state index >= 15 is 0 Å². The summed E-state index contributed by atoms with van der Waals surface area (Å²) < 4.78 is 0. The zero-order chi connectivity index (χ0) is 19.6. The fourth-order valence-electron chi connectivity index (χ4n) is 5.23. The maximum absolute atomic E-state index is 13.2. The minimum Gasteiger partial charge on any atom is -0.324 e. The van der Waals surface area contributed by atoms with E-state index in [4.69, 9.17) is 0 Å². The molecule has 3 aliphatic rings. The highest BCUT2D eigenvalue weighted by Crippen LogP contribution is 2.52. The number of aryl methyl sites for hydroxylation is 2. The van der Waals surface area contributed by atoms with Crippen LogP contribution in [0.4, 0.5) is 5.69 Å². The molecule has 3 amide bonds. The summed E-state index contributed by atoms with van der Waals surface area (Å²) in [5.74, 6) is -2.26. The monoisotopic (exact) mass is 375 g/mol. The summed E-state index contributed by atoms with van der Waals surface area (Å²) in [4.78, 5) is 38.7. The van der Waals surface area contributed by atoms with Crippen molar-refractivity contribution in [3.8, 4) is 0 Å². The van der Waals surface area contributed by atoms with Gasteiger partial charge in [0, 0.05) is 17.3 Å². The molecule has 3 aliphatic heterocycles. The highest BCUT2D eigenvalue weighted by Gasteiger charge is 2.68. The van der Waals surface area contributed by atoms with Crippen molar-refractivity contribution in [1.82, 2.24) is 10.6 Å². The lowest BCUT2D eigenvalue weighted by atomic mass is 9.75. The Morgan fingerprint density at radius 2 is 1.71 bits per heavy atom. The second-order valence-electron chi connectivity index (χ2n) is 8.06. The molecule has 0 aliphatic carbocycles. The molecule has 0 aromatic heterocycles. The number of hydrogen-bond donors (Lipinski definition) is 3. The van der Waals surface area contributed by atoms with Crippen LogP contribution < -0.4 is 16.0 Å². The second kappa shape index (κ2) is 5.75. The van der Waals surface area contributed by atoms with Gasteiger partial charge in [-0.3, -0.25) is 25.0 Å². The van der Waals surface area contributed by atoms with Crippen molar-refractivity contribution < 1.29 is 14.4 Å². The number of imide groups is 1. The summed E-state index contributed by atoms with van der Waals surface area (Å²) in [6.07, 6.45) is 0.567. The third kappa shape index (κ3) is 2.15. The van der Waals surface area contributed by atoms with Gasteiger partial charge in [-0.15, -0.1) is 0 Å². The first-order valence-electron chi connectivity index (χ1n) is 9.51. The van der Waals surface area contributed by atoms with Crippen LogP contribution in [-0.2, 0) is 26.3 Å².